The molecule has 122 valence electrons. The van der Waals surface area contributed by atoms with Crippen molar-refractivity contribution < 1.29 is 9.13 Å². The van der Waals surface area contributed by atoms with E-state index in [1.54, 1.807) is 0 Å². The molecule has 0 bridgehead atoms. The second-order valence-corrected chi connectivity index (χ2v) is 7.11. The molecule has 0 aliphatic carbocycles. The molecule has 5 nitrogen and oxygen atoms in total. The van der Waals surface area contributed by atoms with Gasteiger partial charge in [-0.3, -0.25) is 14.3 Å². The van der Waals surface area contributed by atoms with E-state index in [9.17, 15) is 14.3 Å². The standard InChI is InChI=1S/C16H17ClN2O3S/c1-18(9-10-23(22)15-5-3-2-4-6-15)12-13-11-14(19(20)21)7-8-16(13)17/h2-8,11H,9-10,12H2,1H3/t23-/m0/s1. The second kappa shape index (κ2) is 8.19. The maximum Gasteiger partial charge on any atom is 0.269 e. The molecular weight excluding hydrogens is 336 g/mol. The first kappa shape index (κ1) is 17.6. The fourth-order valence-electron chi connectivity index (χ4n) is 2.09. The van der Waals surface area contributed by atoms with E-state index in [0.29, 0.717) is 29.4 Å². The van der Waals surface area contributed by atoms with Crippen molar-refractivity contribution in [3.63, 3.8) is 0 Å². The first-order valence-corrected chi connectivity index (χ1v) is 8.72. The maximum atomic E-state index is 12.2. The van der Waals surface area contributed by atoms with E-state index in [0.717, 1.165) is 4.90 Å². The minimum absolute atomic E-state index is 0.0191. The Morgan fingerprint density at radius 1 is 1.22 bits per heavy atom. The second-order valence-electron chi connectivity index (χ2n) is 5.13. The quantitative estimate of drug-likeness (QED) is 0.565. The van der Waals surface area contributed by atoms with Gasteiger partial charge in [0.15, 0.2) is 0 Å². The predicted molar refractivity (Wildman–Crippen MR) is 92.2 cm³/mol. The van der Waals surface area contributed by atoms with Gasteiger partial charge in [-0.05, 0) is 30.8 Å². The van der Waals surface area contributed by atoms with Gasteiger partial charge in [0, 0.05) is 40.9 Å². The monoisotopic (exact) mass is 352 g/mol. The lowest BCUT2D eigenvalue weighted by Gasteiger charge is -2.17. The van der Waals surface area contributed by atoms with Gasteiger partial charge in [0.2, 0.25) is 0 Å². The molecule has 0 spiro atoms. The van der Waals surface area contributed by atoms with Crippen LogP contribution in [0.4, 0.5) is 5.69 Å². The molecule has 0 saturated carbocycles. The summed E-state index contributed by atoms with van der Waals surface area (Å²) in [5.74, 6) is 0.493. The Hall–Kier alpha value is -1.76. The highest BCUT2D eigenvalue weighted by molar-refractivity contribution is 7.85. The Balaban J connectivity index is 1.95. The summed E-state index contributed by atoms with van der Waals surface area (Å²) in [6, 6.07) is 13.7. The van der Waals surface area contributed by atoms with E-state index in [4.69, 9.17) is 11.6 Å². The molecule has 0 aliphatic heterocycles. The zero-order valence-electron chi connectivity index (χ0n) is 12.6. The van der Waals surface area contributed by atoms with Crippen molar-refractivity contribution in [3.05, 3.63) is 69.2 Å². The number of nitro groups is 1. The van der Waals surface area contributed by atoms with Crippen LogP contribution in [-0.2, 0) is 17.3 Å². The SMILES string of the molecule is CN(CC[S@](=O)c1ccccc1)Cc1cc([N+](=O)[O-])ccc1Cl. The highest BCUT2D eigenvalue weighted by Gasteiger charge is 2.12. The maximum absolute atomic E-state index is 12.2. The fourth-order valence-corrected chi connectivity index (χ4v) is 3.45. The number of rotatable bonds is 7. The third-order valence-electron chi connectivity index (χ3n) is 3.34. The number of nitro benzene ring substituents is 1. The van der Waals surface area contributed by atoms with Crippen molar-refractivity contribution >= 4 is 28.1 Å². The van der Waals surface area contributed by atoms with Gasteiger partial charge >= 0.3 is 0 Å². The highest BCUT2D eigenvalue weighted by atomic mass is 35.5. The molecule has 7 heteroatoms. The van der Waals surface area contributed by atoms with Gasteiger partial charge in [-0.15, -0.1) is 0 Å². The van der Waals surface area contributed by atoms with Crippen molar-refractivity contribution in [1.82, 2.24) is 4.90 Å². The predicted octanol–water partition coefficient (Wildman–Crippen LogP) is 3.49. The van der Waals surface area contributed by atoms with E-state index in [2.05, 4.69) is 0 Å². The van der Waals surface area contributed by atoms with Gasteiger partial charge in [-0.25, -0.2) is 0 Å². The molecule has 0 aromatic heterocycles. The summed E-state index contributed by atoms with van der Waals surface area (Å²) in [6.45, 7) is 1.06. The minimum atomic E-state index is -1.06. The number of benzene rings is 2. The molecule has 0 unspecified atom stereocenters. The summed E-state index contributed by atoms with van der Waals surface area (Å²) in [5, 5.41) is 11.3. The van der Waals surface area contributed by atoms with Crippen LogP contribution >= 0.6 is 11.6 Å². The van der Waals surface area contributed by atoms with Crippen LogP contribution in [0.1, 0.15) is 5.56 Å². The summed E-state index contributed by atoms with van der Waals surface area (Å²) in [4.78, 5) is 13.1. The number of hydrogen-bond acceptors (Lipinski definition) is 4. The normalized spacial score (nSPS) is 12.3. The zero-order valence-corrected chi connectivity index (χ0v) is 14.2. The smallest absolute Gasteiger partial charge is 0.269 e. The van der Waals surface area contributed by atoms with Crippen LogP contribution in [0.15, 0.2) is 53.4 Å². The Morgan fingerprint density at radius 2 is 1.91 bits per heavy atom. The zero-order chi connectivity index (χ0) is 16.8. The van der Waals surface area contributed by atoms with Crippen LogP contribution < -0.4 is 0 Å². The first-order valence-electron chi connectivity index (χ1n) is 7.02. The van der Waals surface area contributed by atoms with Crippen molar-refractivity contribution in [2.75, 3.05) is 19.3 Å². The molecule has 0 fully saturated rings. The summed E-state index contributed by atoms with van der Waals surface area (Å²) >= 11 is 6.09. The molecule has 23 heavy (non-hydrogen) atoms. The molecule has 2 aromatic rings. The molecular formula is C16H17ClN2O3S. The Morgan fingerprint density at radius 3 is 2.57 bits per heavy atom. The van der Waals surface area contributed by atoms with Gasteiger partial charge in [-0.1, -0.05) is 29.8 Å². The first-order chi connectivity index (χ1) is 11.0. The molecule has 0 amide bonds. The van der Waals surface area contributed by atoms with Crippen LogP contribution in [0.5, 0.6) is 0 Å². The van der Waals surface area contributed by atoms with Crippen molar-refractivity contribution in [2.24, 2.45) is 0 Å². The Bertz CT molecular complexity index is 710. The van der Waals surface area contributed by atoms with Crippen LogP contribution in [-0.4, -0.2) is 33.4 Å². The molecule has 0 radical (unpaired) electrons. The molecule has 1 atom stereocenters. The number of non-ortho nitro benzene ring substituents is 1. The average molecular weight is 353 g/mol. The number of hydrogen-bond donors (Lipinski definition) is 0. The summed E-state index contributed by atoms with van der Waals surface area (Å²) in [7, 11) is 0.810. The Labute approximate surface area is 142 Å². The van der Waals surface area contributed by atoms with Crippen molar-refractivity contribution in [1.29, 1.82) is 0 Å². The van der Waals surface area contributed by atoms with Crippen LogP contribution in [0, 0.1) is 10.1 Å². The lowest BCUT2D eigenvalue weighted by atomic mass is 10.2. The van der Waals surface area contributed by atoms with Crippen molar-refractivity contribution in [2.45, 2.75) is 11.4 Å². The van der Waals surface area contributed by atoms with Gasteiger partial charge in [-0.2, -0.15) is 0 Å². The fraction of sp³-hybridized carbons (Fsp3) is 0.250. The van der Waals surface area contributed by atoms with E-state index in [-0.39, 0.29) is 5.69 Å². The largest absolute Gasteiger partial charge is 0.301 e. The van der Waals surface area contributed by atoms with Crippen LogP contribution in [0.25, 0.3) is 0 Å². The molecule has 0 aliphatic rings. The summed E-state index contributed by atoms with van der Waals surface area (Å²) in [6.07, 6.45) is 0. The van der Waals surface area contributed by atoms with E-state index >= 15 is 0 Å². The molecule has 2 rings (SSSR count). The topological polar surface area (TPSA) is 63.5 Å². The van der Waals surface area contributed by atoms with E-state index < -0.39 is 15.7 Å². The van der Waals surface area contributed by atoms with Gasteiger partial charge in [0.25, 0.3) is 5.69 Å². The van der Waals surface area contributed by atoms with Gasteiger partial charge in [0.1, 0.15) is 0 Å². The lowest BCUT2D eigenvalue weighted by molar-refractivity contribution is -0.384. The third-order valence-corrected chi connectivity index (χ3v) is 5.06. The van der Waals surface area contributed by atoms with Crippen LogP contribution in [0.3, 0.4) is 0 Å². The molecule has 0 N–H and O–H groups in total. The van der Waals surface area contributed by atoms with Gasteiger partial charge < -0.3 is 4.90 Å². The van der Waals surface area contributed by atoms with E-state index in [1.807, 2.05) is 42.3 Å². The summed E-state index contributed by atoms with van der Waals surface area (Å²) in [5.41, 5.74) is 0.708. The third kappa shape index (κ3) is 5.13. The summed E-state index contributed by atoms with van der Waals surface area (Å²) < 4.78 is 12.2. The average Bonchev–Trinajstić information content (AvgIpc) is 2.55. The highest BCUT2D eigenvalue weighted by Crippen LogP contribution is 2.23. The number of nitrogens with zero attached hydrogens (tertiary/aromatic N) is 2. The molecule has 0 saturated heterocycles. The van der Waals surface area contributed by atoms with Crippen LogP contribution in [0.2, 0.25) is 5.02 Å². The van der Waals surface area contributed by atoms with E-state index in [1.165, 1.54) is 18.2 Å². The van der Waals surface area contributed by atoms with Gasteiger partial charge in [0.05, 0.1) is 15.7 Å². The molecule has 2 aromatic carbocycles. The Kier molecular flexibility index (Phi) is 6.27. The lowest BCUT2D eigenvalue weighted by Crippen LogP contribution is -2.23. The molecule has 0 heterocycles. The minimum Gasteiger partial charge on any atom is -0.301 e. The number of halogens is 1. The van der Waals surface area contributed by atoms with Crippen molar-refractivity contribution in [3.8, 4) is 0 Å².